The standard InChI is InChI=1S/C13H10N2O2.CH4/c16-15(17)13-7-2-1-5-11(13)8-9-12-6-3-4-10-14-12;/h1-10H;1H4/b9-8+;. The summed E-state index contributed by atoms with van der Waals surface area (Å²) in [6.07, 6.45) is 5.13. The third kappa shape index (κ3) is 3.25. The number of para-hydroxylation sites is 1. The van der Waals surface area contributed by atoms with Crippen LogP contribution >= 0.6 is 0 Å². The van der Waals surface area contributed by atoms with Gasteiger partial charge < -0.3 is 0 Å². The van der Waals surface area contributed by atoms with Crippen LogP contribution < -0.4 is 0 Å². The number of hydrogen-bond donors (Lipinski definition) is 0. The maximum absolute atomic E-state index is 10.8. The maximum atomic E-state index is 10.8. The second-order valence-electron chi connectivity index (χ2n) is 3.40. The predicted molar refractivity (Wildman–Crippen MR) is 73.0 cm³/mol. The number of aromatic nitrogens is 1. The number of hydrogen-bond acceptors (Lipinski definition) is 3. The van der Waals surface area contributed by atoms with E-state index in [1.807, 2.05) is 18.2 Å². The van der Waals surface area contributed by atoms with Crippen molar-refractivity contribution in [1.29, 1.82) is 0 Å². The van der Waals surface area contributed by atoms with E-state index in [1.54, 1.807) is 36.5 Å². The van der Waals surface area contributed by atoms with Crippen molar-refractivity contribution >= 4 is 17.8 Å². The van der Waals surface area contributed by atoms with Crippen LogP contribution in [-0.4, -0.2) is 9.91 Å². The summed E-state index contributed by atoms with van der Waals surface area (Å²) >= 11 is 0. The molecule has 1 heterocycles. The van der Waals surface area contributed by atoms with Crippen LogP contribution in [0.1, 0.15) is 18.7 Å². The molecular weight excluding hydrogens is 228 g/mol. The third-order valence-corrected chi connectivity index (χ3v) is 2.25. The summed E-state index contributed by atoms with van der Waals surface area (Å²) in [7, 11) is 0. The van der Waals surface area contributed by atoms with Gasteiger partial charge in [0.15, 0.2) is 0 Å². The summed E-state index contributed by atoms with van der Waals surface area (Å²) < 4.78 is 0. The largest absolute Gasteiger partial charge is 0.276 e. The van der Waals surface area contributed by atoms with Gasteiger partial charge in [-0.1, -0.05) is 25.6 Å². The van der Waals surface area contributed by atoms with Gasteiger partial charge in [0.2, 0.25) is 0 Å². The zero-order valence-corrected chi connectivity index (χ0v) is 8.98. The highest BCUT2D eigenvalue weighted by molar-refractivity contribution is 5.72. The molecule has 2 aromatic rings. The smallest absolute Gasteiger partial charge is 0.258 e. The molecule has 92 valence electrons. The Kier molecular flexibility index (Phi) is 4.75. The van der Waals surface area contributed by atoms with Gasteiger partial charge in [0, 0.05) is 12.3 Å². The molecule has 0 radical (unpaired) electrons. The Bertz CT molecular complexity index is 551. The maximum Gasteiger partial charge on any atom is 0.276 e. The molecule has 0 aliphatic carbocycles. The minimum atomic E-state index is -0.391. The second kappa shape index (κ2) is 6.30. The summed E-state index contributed by atoms with van der Waals surface area (Å²) in [6.45, 7) is 0. The molecule has 2 rings (SSSR count). The Morgan fingerprint density at radius 3 is 2.44 bits per heavy atom. The first-order valence-corrected chi connectivity index (χ1v) is 5.10. The normalized spacial score (nSPS) is 10.0. The molecule has 0 aliphatic heterocycles. The van der Waals surface area contributed by atoms with Crippen LogP contribution in [0.2, 0.25) is 0 Å². The van der Waals surface area contributed by atoms with Crippen molar-refractivity contribution in [2.75, 3.05) is 0 Å². The number of rotatable bonds is 3. The third-order valence-electron chi connectivity index (χ3n) is 2.25. The molecule has 0 fully saturated rings. The van der Waals surface area contributed by atoms with Crippen molar-refractivity contribution in [3.05, 3.63) is 70.0 Å². The molecule has 1 aromatic heterocycles. The van der Waals surface area contributed by atoms with Gasteiger partial charge in [-0.05, 0) is 30.4 Å². The Labute approximate surface area is 106 Å². The minimum Gasteiger partial charge on any atom is -0.258 e. The van der Waals surface area contributed by atoms with E-state index in [1.165, 1.54) is 6.07 Å². The Morgan fingerprint density at radius 1 is 1.06 bits per heavy atom. The lowest BCUT2D eigenvalue weighted by molar-refractivity contribution is -0.385. The molecule has 18 heavy (non-hydrogen) atoms. The van der Waals surface area contributed by atoms with Crippen LogP contribution in [0, 0.1) is 10.1 Å². The van der Waals surface area contributed by atoms with Crippen LogP contribution in [0.4, 0.5) is 5.69 Å². The van der Waals surface area contributed by atoms with Crippen molar-refractivity contribution in [3.63, 3.8) is 0 Å². The lowest BCUT2D eigenvalue weighted by Crippen LogP contribution is -1.90. The van der Waals surface area contributed by atoms with E-state index in [9.17, 15) is 10.1 Å². The summed E-state index contributed by atoms with van der Waals surface area (Å²) in [5, 5.41) is 10.8. The molecule has 0 N–H and O–H groups in total. The van der Waals surface area contributed by atoms with Gasteiger partial charge in [-0.15, -0.1) is 0 Å². The molecule has 0 bridgehead atoms. The summed E-state index contributed by atoms with van der Waals surface area (Å²) in [4.78, 5) is 14.5. The lowest BCUT2D eigenvalue weighted by Gasteiger charge is -1.96. The predicted octanol–water partition coefficient (Wildman–Crippen LogP) is 3.80. The SMILES string of the molecule is C.O=[N+]([O-])c1ccccc1/C=C/c1ccccn1. The van der Waals surface area contributed by atoms with Crippen molar-refractivity contribution < 1.29 is 4.92 Å². The highest BCUT2D eigenvalue weighted by Gasteiger charge is 2.08. The van der Waals surface area contributed by atoms with E-state index in [4.69, 9.17) is 0 Å². The number of nitro benzene ring substituents is 1. The quantitative estimate of drug-likeness (QED) is 0.607. The molecular formula is C14H14N2O2. The summed E-state index contributed by atoms with van der Waals surface area (Å²) in [5.74, 6) is 0. The van der Waals surface area contributed by atoms with E-state index in [2.05, 4.69) is 4.98 Å². The molecule has 0 spiro atoms. The molecule has 1 aromatic carbocycles. The van der Waals surface area contributed by atoms with E-state index < -0.39 is 4.92 Å². The van der Waals surface area contributed by atoms with Gasteiger partial charge in [0.05, 0.1) is 16.2 Å². The fourth-order valence-corrected chi connectivity index (χ4v) is 1.44. The molecule has 0 aliphatic rings. The zero-order valence-electron chi connectivity index (χ0n) is 8.98. The van der Waals surface area contributed by atoms with E-state index in [0.29, 0.717) is 5.56 Å². The first-order chi connectivity index (χ1) is 8.27. The van der Waals surface area contributed by atoms with E-state index in [0.717, 1.165) is 5.69 Å². The minimum absolute atomic E-state index is 0. The lowest BCUT2D eigenvalue weighted by atomic mass is 10.1. The average molecular weight is 242 g/mol. The van der Waals surface area contributed by atoms with Gasteiger partial charge in [-0.25, -0.2) is 0 Å². The van der Waals surface area contributed by atoms with Gasteiger partial charge in [-0.2, -0.15) is 0 Å². The van der Waals surface area contributed by atoms with Crippen LogP contribution in [0.15, 0.2) is 48.7 Å². The molecule has 0 unspecified atom stereocenters. The number of nitrogens with zero attached hydrogens (tertiary/aromatic N) is 2. The molecule has 0 atom stereocenters. The molecule has 4 nitrogen and oxygen atoms in total. The summed E-state index contributed by atoms with van der Waals surface area (Å²) in [6, 6.07) is 12.1. The van der Waals surface area contributed by atoms with Crippen LogP contribution in [0.5, 0.6) is 0 Å². The monoisotopic (exact) mass is 242 g/mol. The molecule has 0 amide bonds. The van der Waals surface area contributed by atoms with Crippen LogP contribution in [-0.2, 0) is 0 Å². The Balaban J connectivity index is 0.00000162. The summed E-state index contributed by atoms with van der Waals surface area (Å²) in [5.41, 5.74) is 1.44. The number of pyridine rings is 1. The van der Waals surface area contributed by atoms with E-state index >= 15 is 0 Å². The number of benzene rings is 1. The van der Waals surface area contributed by atoms with Crippen LogP contribution in [0.3, 0.4) is 0 Å². The van der Waals surface area contributed by atoms with Crippen molar-refractivity contribution in [2.24, 2.45) is 0 Å². The number of nitro groups is 1. The first-order valence-electron chi connectivity index (χ1n) is 5.10. The fourth-order valence-electron chi connectivity index (χ4n) is 1.44. The van der Waals surface area contributed by atoms with Gasteiger partial charge in [0.25, 0.3) is 5.69 Å². The highest BCUT2D eigenvalue weighted by atomic mass is 16.6. The fraction of sp³-hybridized carbons (Fsp3) is 0.0714. The Hall–Kier alpha value is -2.49. The topological polar surface area (TPSA) is 56.0 Å². The molecule has 0 saturated heterocycles. The van der Waals surface area contributed by atoms with Gasteiger partial charge in [-0.3, -0.25) is 15.1 Å². The van der Waals surface area contributed by atoms with Gasteiger partial charge in [0.1, 0.15) is 0 Å². The Morgan fingerprint density at radius 2 is 1.78 bits per heavy atom. The zero-order chi connectivity index (χ0) is 12.1. The average Bonchev–Trinajstić information content (AvgIpc) is 2.38. The first kappa shape index (κ1) is 13.6. The van der Waals surface area contributed by atoms with Crippen molar-refractivity contribution in [3.8, 4) is 0 Å². The van der Waals surface area contributed by atoms with Gasteiger partial charge >= 0.3 is 0 Å². The molecule has 4 heteroatoms. The highest BCUT2D eigenvalue weighted by Crippen LogP contribution is 2.19. The van der Waals surface area contributed by atoms with Crippen LogP contribution in [0.25, 0.3) is 12.2 Å². The van der Waals surface area contributed by atoms with Crippen molar-refractivity contribution in [2.45, 2.75) is 7.43 Å². The molecule has 0 saturated carbocycles. The van der Waals surface area contributed by atoms with Crippen molar-refractivity contribution in [1.82, 2.24) is 4.98 Å². The van der Waals surface area contributed by atoms with E-state index in [-0.39, 0.29) is 13.1 Å². The second-order valence-corrected chi connectivity index (χ2v) is 3.40.